The third-order valence-corrected chi connectivity index (χ3v) is 6.55. The van der Waals surface area contributed by atoms with Gasteiger partial charge in [0.1, 0.15) is 11.5 Å². The highest BCUT2D eigenvalue weighted by Gasteiger charge is 2.17. The van der Waals surface area contributed by atoms with E-state index in [1.54, 1.807) is 32.4 Å². The molecule has 1 atom stereocenters. The van der Waals surface area contributed by atoms with Crippen molar-refractivity contribution in [1.82, 2.24) is 0 Å². The molecule has 2 amide bonds. The van der Waals surface area contributed by atoms with Crippen LogP contribution in [0.15, 0.2) is 89.8 Å². The molecule has 4 aromatic carbocycles. The second kappa shape index (κ2) is 11.0. The van der Waals surface area contributed by atoms with Crippen LogP contribution < -0.4 is 20.1 Å². The monoisotopic (exact) mass is 486 g/mol. The average Bonchev–Trinajstić information content (AvgIpc) is 2.88. The Balaban J connectivity index is 1.41. The summed E-state index contributed by atoms with van der Waals surface area (Å²) in [5.74, 6) is 0.817. The van der Waals surface area contributed by atoms with Gasteiger partial charge in [0.2, 0.25) is 5.91 Å². The molecule has 0 aliphatic heterocycles. The van der Waals surface area contributed by atoms with Gasteiger partial charge in [-0.1, -0.05) is 36.4 Å². The van der Waals surface area contributed by atoms with Crippen LogP contribution >= 0.6 is 11.8 Å². The fourth-order valence-electron chi connectivity index (χ4n) is 3.57. The summed E-state index contributed by atoms with van der Waals surface area (Å²) in [5, 5.41) is 7.57. The van der Waals surface area contributed by atoms with E-state index in [1.165, 1.54) is 11.8 Å². The number of fused-ring (bicyclic) bond motifs is 1. The highest BCUT2D eigenvalue weighted by molar-refractivity contribution is 8.00. The van der Waals surface area contributed by atoms with E-state index in [0.717, 1.165) is 15.7 Å². The van der Waals surface area contributed by atoms with Crippen molar-refractivity contribution in [2.24, 2.45) is 0 Å². The lowest BCUT2D eigenvalue weighted by molar-refractivity contribution is -0.115. The van der Waals surface area contributed by atoms with Crippen molar-refractivity contribution in [2.75, 3.05) is 24.9 Å². The van der Waals surface area contributed by atoms with E-state index in [1.807, 2.05) is 73.7 Å². The fourth-order valence-corrected chi connectivity index (χ4v) is 4.50. The maximum Gasteiger partial charge on any atom is 0.255 e. The number of hydrogen-bond acceptors (Lipinski definition) is 5. The number of ether oxygens (including phenoxy) is 2. The largest absolute Gasteiger partial charge is 0.497 e. The summed E-state index contributed by atoms with van der Waals surface area (Å²) in [7, 11) is 3.12. The van der Waals surface area contributed by atoms with Crippen molar-refractivity contribution in [3.8, 4) is 11.5 Å². The molecule has 35 heavy (non-hydrogen) atoms. The molecule has 2 N–H and O–H groups in total. The van der Waals surface area contributed by atoms with E-state index in [-0.39, 0.29) is 17.1 Å². The third-order valence-electron chi connectivity index (χ3n) is 5.45. The highest BCUT2D eigenvalue weighted by atomic mass is 32.2. The summed E-state index contributed by atoms with van der Waals surface area (Å²) in [5.41, 5.74) is 1.82. The minimum Gasteiger partial charge on any atom is -0.497 e. The number of anilines is 2. The molecule has 0 spiro atoms. The molecule has 6 nitrogen and oxygen atoms in total. The quantitative estimate of drug-likeness (QED) is 0.289. The summed E-state index contributed by atoms with van der Waals surface area (Å²) >= 11 is 1.40. The summed E-state index contributed by atoms with van der Waals surface area (Å²) in [4.78, 5) is 26.5. The lowest BCUT2D eigenvalue weighted by Gasteiger charge is -2.15. The van der Waals surface area contributed by atoms with Gasteiger partial charge in [0, 0.05) is 22.2 Å². The summed E-state index contributed by atoms with van der Waals surface area (Å²) in [6.07, 6.45) is 0. The number of carbonyl (C=O) groups excluding carboxylic acids is 2. The second-order valence-corrected chi connectivity index (χ2v) is 9.27. The predicted octanol–water partition coefficient (Wildman–Crippen LogP) is 6.23. The van der Waals surface area contributed by atoms with Crippen molar-refractivity contribution >= 4 is 45.7 Å². The molecule has 178 valence electrons. The summed E-state index contributed by atoms with van der Waals surface area (Å²) < 4.78 is 10.6. The number of benzene rings is 4. The van der Waals surface area contributed by atoms with Gasteiger partial charge in [-0.05, 0) is 60.2 Å². The van der Waals surface area contributed by atoms with Crippen LogP contribution in [0.5, 0.6) is 11.5 Å². The van der Waals surface area contributed by atoms with Crippen molar-refractivity contribution in [1.29, 1.82) is 0 Å². The van der Waals surface area contributed by atoms with Crippen LogP contribution in [0.2, 0.25) is 0 Å². The van der Waals surface area contributed by atoms with E-state index in [4.69, 9.17) is 9.47 Å². The standard InChI is InChI=1S/C28H26N2O4S/c1-18(27(31)30-25-14-13-23(33-2)17-26(25)34-3)35-24-10-6-9-22(16-24)29-28(32)21-12-11-19-7-4-5-8-20(19)15-21/h4-18H,1-3H3,(H,29,32)(H,30,31). The van der Waals surface area contributed by atoms with Crippen LogP contribution in [-0.2, 0) is 4.79 Å². The van der Waals surface area contributed by atoms with Crippen molar-refractivity contribution < 1.29 is 19.1 Å². The number of methoxy groups -OCH3 is 2. The van der Waals surface area contributed by atoms with E-state index >= 15 is 0 Å². The minimum absolute atomic E-state index is 0.163. The number of hydrogen-bond donors (Lipinski definition) is 2. The molecular formula is C28H26N2O4S. The van der Waals surface area contributed by atoms with Crippen LogP contribution in [0.1, 0.15) is 17.3 Å². The van der Waals surface area contributed by atoms with Crippen LogP contribution in [-0.4, -0.2) is 31.3 Å². The second-order valence-electron chi connectivity index (χ2n) is 7.86. The molecule has 7 heteroatoms. The molecule has 0 bridgehead atoms. The summed E-state index contributed by atoms with van der Waals surface area (Å²) in [6.45, 7) is 1.83. The Morgan fingerprint density at radius 2 is 1.60 bits per heavy atom. The summed E-state index contributed by atoms with van der Waals surface area (Å²) in [6, 6.07) is 26.2. The highest BCUT2D eigenvalue weighted by Crippen LogP contribution is 2.31. The van der Waals surface area contributed by atoms with Crippen molar-refractivity contribution in [2.45, 2.75) is 17.1 Å². The number of nitrogens with one attached hydrogen (secondary N) is 2. The maximum atomic E-state index is 12.8. The molecule has 0 saturated heterocycles. The molecule has 4 aromatic rings. The van der Waals surface area contributed by atoms with Crippen LogP contribution in [0, 0.1) is 0 Å². The zero-order valence-electron chi connectivity index (χ0n) is 19.7. The third kappa shape index (κ3) is 5.94. The SMILES string of the molecule is COc1ccc(NC(=O)C(C)Sc2cccc(NC(=O)c3ccc4ccccc4c3)c2)c(OC)c1. The topological polar surface area (TPSA) is 76.7 Å². The number of rotatable bonds is 8. The fraction of sp³-hybridized carbons (Fsp3) is 0.143. The Morgan fingerprint density at radius 3 is 2.37 bits per heavy atom. The number of carbonyl (C=O) groups is 2. The molecular weight excluding hydrogens is 460 g/mol. The minimum atomic E-state index is -0.381. The zero-order chi connectivity index (χ0) is 24.8. The Hall–Kier alpha value is -3.97. The maximum absolute atomic E-state index is 12.8. The van der Waals surface area contributed by atoms with E-state index in [0.29, 0.717) is 28.4 Å². The van der Waals surface area contributed by atoms with Gasteiger partial charge in [0.15, 0.2) is 0 Å². The van der Waals surface area contributed by atoms with Crippen molar-refractivity contribution in [3.63, 3.8) is 0 Å². The van der Waals surface area contributed by atoms with Gasteiger partial charge in [-0.2, -0.15) is 0 Å². The van der Waals surface area contributed by atoms with Gasteiger partial charge in [-0.25, -0.2) is 0 Å². The molecule has 4 rings (SSSR count). The van der Waals surface area contributed by atoms with Gasteiger partial charge in [-0.3, -0.25) is 9.59 Å². The van der Waals surface area contributed by atoms with E-state index in [2.05, 4.69) is 10.6 Å². The Morgan fingerprint density at radius 1 is 0.800 bits per heavy atom. The molecule has 0 heterocycles. The van der Waals surface area contributed by atoms with Crippen LogP contribution in [0.4, 0.5) is 11.4 Å². The molecule has 0 aliphatic carbocycles. The molecule has 0 aliphatic rings. The molecule has 0 saturated carbocycles. The lowest BCUT2D eigenvalue weighted by atomic mass is 10.1. The average molecular weight is 487 g/mol. The van der Waals surface area contributed by atoms with Crippen LogP contribution in [0.3, 0.4) is 0 Å². The van der Waals surface area contributed by atoms with Gasteiger partial charge < -0.3 is 20.1 Å². The molecule has 0 fully saturated rings. The van der Waals surface area contributed by atoms with Crippen molar-refractivity contribution in [3.05, 3.63) is 90.5 Å². The molecule has 0 radical (unpaired) electrons. The van der Waals surface area contributed by atoms with Crippen LogP contribution in [0.25, 0.3) is 10.8 Å². The first kappa shape index (κ1) is 24.2. The smallest absolute Gasteiger partial charge is 0.255 e. The van der Waals surface area contributed by atoms with E-state index in [9.17, 15) is 9.59 Å². The number of thioether (sulfide) groups is 1. The van der Waals surface area contributed by atoms with Gasteiger partial charge in [-0.15, -0.1) is 11.8 Å². The van der Waals surface area contributed by atoms with Gasteiger partial charge >= 0.3 is 0 Å². The first-order valence-electron chi connectivity index (χ1n) is 11.1. The Labute approximate surface area is 208 Å². The molecule has 1 unspecified atom stereocenters. The Bertz CT molecular complexity index is 1370. The predicted molar refractivity (Wildman–Crippen MR) is 142 cm³/mol. The number of amides is 2. The Kier molecular flexibility index (Phi) is 7.57. The normalized spacial score (nSPS) is 11.5. The van der Waals surface area contributed by atoms with Gasteiger partial charge in [0.25, 0.3) is 5.91 Å². The zero-order valence-corrected chi connectivity index (χ0v) is 20.5. The first-order valence-corrected chi connectivity index (χ1v) is 11.9. The molecule has 0 aromatic heterocycles. The first-order chi connectivity index (χ1) is 17.0. The lowest BCUT2D eigenvalue weighted by Crippen LogP contribution is -2.22. The van der Waals surface area contributed by atoms with Gasteiger partial charge in [0.05, 0.1) is 25.2 Å². The van der Waals surface area contributed by atoms with E-state index < -0.39 is 0 Å².